The molecule has 0 fully saturated rings. The highest BCUT2D eigenvalue weighted by molar-refractivity contribution is 9.11. The van der Waals surface area contributed by atoms with Gasteiger partial charge in [-0.15, -0.1) is 0 Å². The summed E-state index contributed by atoms with van der Waals surface area (Å²) in [4.78, 5) is 0. The third-order valence-electron chi connectivity index (χ3n) is 6.39. The molecule has 0 aliphatic carbocycles. The minimum atomic E-state index is -2.15. The molecular weight excluding hydrogens is 556 g/mol. The molecule has 0 radical (unpaired) electrons. The van der Waals surface area contributed by atoms with Crippen LogP contribution in [0.25, 0.3) is 0 Å². The number of phenolic OH excluding ortho intramolecular Hbond substituents is 1. The van der Waals surface area contributed by atoms with Crippen LogP contribution in [0.15, 0.2) is 21.1 Å². The van der Waals surface area contributed by atoms with Gasteiger partial charge in [-0.3, -0.25) is 0 Å². The van der Waals surface area contributed by atoms with Gasteiger partial charge >= 0.3 is 0 Å². The molecule has 0 amide bonds. The molecule has 1 rings (SSSR count). The van der Waals surface area contributed by atoms with Crippen molar-refractivity contribution in [2.45, 2.75) is 110 Å². The van der Waals surface area contributed by atoms with Gasteiger partial charge < -0.3 is 9.53 Å². The molecule has 0 heterocycles. The molecule has 0 saturated heterocycles. The van der Waals surface area contributed by atoms with Gasteiger partial charge in [0, 0.05) is 18.8 Å². The Morgan fingerprint density at radius 1 is 0.970 bits per heavy atom. The third-order valence-corrected chi connectivity index (χ3v) is 12.0. The fourth-order valence-corrected chi connectivity index (χ4v) is 5.83. The van der Waals surface area contributed by atoms with Gasteiger partial charge in [-0.2, -0.15) is 0 Å². The molecule has 2 nitrogen and oxygen atoms in total. The Labute approximate surface area is 221 Å². The van der Waals surface area contributed by atoms with Gasteiger partial charge in [-0.05, 0) is 87.0 Å². The Bertz CT molecular complexity index is 845. The molecule has 184 valence electrons. The number of halogens is 2. The zero-order valence-electron chi connectivity index (χ0n) is 21.8. The summed E-state index contributed by atoms with van der Waals surface area (Å²) in [5.74, 6) is 14.2. The zero-order valence-corrected chi connectivity index (χ0v) is 26.0. The Balaban J connectivity index is 3.54. The standard InChI is InChI=1S/C28H42Br2O2Si/c1-9-11-13-15-17-28(18-16-14-12-10-2,32-33(7,8)27(4,5)6)22(3)19-23-20-24(29)26(31)25(30)21-23/h20-22,31H,9-14,19H2,1-8H3. The molecule has 5 heteroatoms. The van der Waals surface area contributed by atoms with E-state index in [1.165, 1.54) is 0 Å². The molecule has 1 aromatic rings. The van der Waals surface area contributed by atoms with E-state index in [1.807, 2.05) is 12.1 Å². The molecule has 0 bridgehead atoms. The van der Waals surface area contributed by atoms with Gasteiger partial charge in [0.25, 0.3) is 0 Å². The van der Waals surface area contributed by atoms with Crippen molar-refractivity contribution in [3.8, 4) is 29.4 Å². The maximum absolute atomic E-state index is 10.1. The van der Waals surface area contributed by atoms with Crippen LogP contribution >= 0.6 is 31.9 Å². The molecular formula is C28H42Br2O2Si. The lowest BCUT2D eigenvalue weighted by molar-refractivity contribution is 0.112. The highest BCUT2D eigenvalue weighted by Gasteiger charge is 2.46. The van der Waals surface area contributed by atoms with Crippen molar-refractivity contribution in [1.82, 2.24) is 0 Å². The molecule has 33 heavy (non-hydrogen) atoms. The number of benzene rings is 1. The molecule has 0 spiro atoms. The first-order chi connectivity index (χ1) is 15.3. The largest absolute Gasteiger partial charge is 0.506 e. The summed E-state index contributed by atoms with van der Waals surface area (Å²) in [6.45, 7) is 17.9. The van der Waals surface area contributed by atoms with Crippen molar-refractivity contribution in [2.24, 2.45) is 5.92 Å². The lowest BCUT2D eigenvalue weighted by atomic mass is 9.84. The zero-order chi connectivity index (χ0) is 25.3. The Morgan fingerprint density at radius 2 is 1.42 bits per heavy atom. The van der Waals surface area contributed by atoms with E-state index in [2.05, 4.69) is 110 Å². The Hall–Kier alpha value is -0.723. The van der Waals surface area contributed by atoms with Crippen LogP contribution in [0.1, 0.15) is 85.6 Å². The van der Waals surface area contributed by atoms with Crippen molar-refractivity contribution in [1.29, 1.82) is 0 Å². The van der Waals surface area contributed by atoms with Crippen LogP contribution in [0, 0.1) is 29.6 Å². The highest BCUT2D eigenvalue weighted by Crippen LogP contribution is 2.42. The van der Waals surface area contributed by atoms with E-state index in [0.29, 0.717) is 8.95 Å². The van der Waals surface area contributed by atoms with Crippen molar-refractivity contribution in [3.05, 3.63) is 26.6 Å². The van der Waals surface area contributed by atoms with Crippen LogP contribution in [0.4, 0.5) is 0 Å². The average molecular weight is 599 g/mol. The van der Waals surface area contributed by atoms with Crippen LogP contribution < -0.4 is 0 Å². The summed E-state index contributed by atoms with van der Waals surface area (Å²) in [5.41, 5.74) is 0.286. The second kappa shape index (κ2) is 13.4. The smallest absolute Gasteiger partial charge is 0.195 e. The van der Waals surface area contributed by atoms with E-state index in [-0.39, 0.29) is 16.7 Å². The summed E-state index contributed by atoms with van der Waals surface area (Å²) in [6.07, 6.45) is 6.88. The van der Waals surface area contributed by atoms with Crippen LogP contribution in [-0.4, -0.2) is 19.0 Å². The minimum absolute atomic E-state index is 0.0539. The summed E-state index contributed by atoms with van der Waals surface area (Å²) in [5, 5.41) is 10.2. The summed E-state index contributed by atoms with van der Waals surface area (Å²) < 4.78 is 8.45. The second-order valence-electron chi connectivity index (χ2n) is 10.4. The summed E-state index contributed by atoms with van der Waals surface area (Å²) >= 11 is 6.94. The normalized spacial score (nSPS) is 13.0. The summed E-state index contributed by atoms with van der Waals surface area (Å²) in [7, 11) is -2.15. The molecule has 1 N–H and O–H groups in total. The average Bonchev–Trinajstić information content (AvgIpc) is 2.71. The summed E-state index contributed by atoms with van der Waals surface area (Å²) in [6, 6.07) is 3.95. The van der Waals surface area contributed by atoms with Crippen molar-refractivity contribution >= 4 is 40.2 Å². The van der Waals surface area contributed by atoms with E-state index in [9.17, 15) is 5.11 Å². The first kappa shape index (κ1) is 30.3. The Kier molecular flexibility index (Phi) is 12.3. The van der Waals surface area contributed by atoms with E-state index in [4.69, 9.17) is 4.43 Å². The van der Waals surface area contributed by atoms with Crippen LogP contribution in [0.2, 0.25) is 18.1 Å². The highest BCUT2D eigenvalue weighted by atomic mass is 79.9. The lowest BCUT2D eigenvalue weighted by Crippen LogP contribution is -2.52. The fraction of sp³-hybridized carbons (Fsp3) is 0.643. The maximum Gasteiger partial charge on any atom is 0.195 e. The molecule has 0 aliphatic rings. The van der Waals surface area contributed by atoms with E-state index < -0.39 is 13.9 Å². The minimum Gasteiger partial charge on any atom is -0.506 e. The fourth-order valence-electron chi connectivity index (χ4n) is 3.14. The van der Waals surface area contributed by atoms with Gasteiger partial charge in [0.05, 0.1) is 8.95 Å². The molecule has 0 saturated carbocycles. The van der Waals surface area contributed by atoms with E-state index >= 15 is 0 Å². The number of rotatable bonds is 9. The quantitative estimate of drug-likeness (QED) is 0.175. The number of hydrogen-bond donors (Lipinski definition) is 1. The molecule has 1 atom stereocenters. The van der Waals surface area contributed by atoms with E-state index in [0.717, 1.165) is 50.5 Å². The topological polar surface area (TPSA) is 29.5 Å². The van der Waals surface area contributed by atoms with Crippen LogP contribution in [0.5, 0.6) is 5.75 Å². The first-order valence-corrected chi connectivity index (χ1v) is 16.7. The first-order valence-electron chi connectivity index (χ1n) is 12.2. The van der Waals surface area contributed by atoms with Gasteiger partial charge in [0.15, 0.2) is 13.9 Å². The van der Waals surface area contributed by atoms with Gasteiger partial charge in [-0.1, -0.05) is 78.1 Å². The SMILES string of the molecule is CCCCC#CC(C#CCCCC)(O[Si](C)(C)C(C)(C)C)C(C)Cc1cc(Br)c(O)c(Br)c1. The molecule has 1 unspecified atom stereocenters. The Morgan fingerprint density at radius 3 is 1.82 bits per heavy atom. The number of phenols is 1. The number of hydrogen-bond acceptors (Lipinski definition) is 2. The van der Waals surface area contributed by atoms with Gasteiger partial charge in [-0.25, -0.2) is 0 Å². The van der Waals surface area contributed by atoms with Crippen molar-refractivity contribution in [3.63, 3.8) is 0 Å². The van der Waals surface area contributed by atoms with Crippen LogP contribution in [0.3, 0.4) is 0 Å². The second-order valence-corrected chi connectivity index (χ2v) is 16.9. The predicted octanol–water partition coefficient (Wildman–Crippen LogP) is 9.24. The van der Waals surface area contributed by atoms with E-state index in [1.54, 1.807) is 0 Å². The van der Waals surface area contributed by atoms with Gasteiger partial charge in [0.2, 0.25) is 0 Å². The predicted molar refractivity (Wildman–Crippen MR) is 152 cm³/mol. The number of aromatic hydroxyl groups is 1. The van der Waals surface area contributed by atoms with Crippen molar-refractivity contribution < 1.29 is 9.53 Å². The third kappa shape index (κ3) is 9.10. The monoisotopic (exact) mass is 596 g/mol. The van der Waals surface area contributed by atoms with Crippen molar-refractivity contribution in [2.75, 3.05) is 0 Å². The molecule has 1 aromatic carbocycles. The molecule has 0 aliphatic heterocycles. The number of unbranched alkanes of at least 4 members (excludes halogenated alkanes) is 4. The lowest BCUT2D eigenvalue weighted by Gasteiger charge is -2.43. The maximum atomic E-state index is 10.1. The van der Waals surface area contributed by atoms with Crippen LogP contribution in [-0.2, 0) is 10.8 Å². The molecule has 0 aromatic heterocycles. The van der Waals surface area contributed by atoms with Gasteiger partial charge in [0.1, 0.15) is 5.75 Å².